The largest absolute Gasteiger partial charge is 0.465 e. The van der Waals surface area contributed by atoms with Crippen LogP contribution in [-0.4, -0.2) is 48.1 Å². The molecule has 2 aliphatic rings. The Morgan fingerprint density at radius 2 is 2.30 bits per heavy atom. The molecule has 0 unspecified atom stereocenters. The standard InChI is InChI=1S/C14H16N4O4S/c15-12(23)16-6-10-7-18(14(21)22-10)9-1-2-11-8(5-9)3-4-17(11)13(19)20/h1-2,5,10H,3-4,6-7H2,(H,19,20)(H3,15,16,23)/t10-/m0/s1. The van der Waals surface area contributed by atoms with Crippen molar-refractivity contribution in [3.63, 3.8) is 0 Å². The van der Waals surface area contributed by atoms with Gasteiger partial charge in [0, 0.05) is 12.2 Å². The molecule has 122 valence electrons. The number of rotatable bonds is 3. The third-order valence-corrected chi connectivity index (χ3v) is 4.02. The summed E-state index contributed by atoms with van der Waals surface area (Å²) >= 11 is 4.73. The molecule has 0 aliphatic carbocycles. The zero-order valence-corrected chi connectivity index (χ0v) is 13.0. The number of thiocarbonyl (C=S) groups is 1. The minimum absolute atomic E-state index is 0.158. The summed E-state index contributed by atoms with van der Waals surface area (Å²) in [4.78, 5) is 26.0. The highest BCUT2D eigenvalue weighted by atomic mass is 32.1. The van der Waals surface area contributed by atoms with Crippen LogP contribution in [0.3, 0.4) is 0 Å². The molecular weight excluding hydrogens is 320 g/mol. The lowest BCUT2D eigenvalue weighted by Crippen LogP contribution is -2.37. The molecule has 1 aromatic rings. The maximum absolute atomic E-state index is 12.0. The van der Waals surface area contributed by atoms with Crippen LogP contribution in [0.5, 0.6) is 0 Å². The van der Waals surface area contributed by atoms with Crippen LogP contribution in [0.15, 0.2) is 18.2 Å². The van der Waals surface area contributed by atoms with Gasteiger partial charge >= 0.3 is 12.2 Å². The maximum Gasteiger partial charge on any atom is 0.414 e. The molecule has 1 atom stereocenters. The predicted octanol–water partition coefficient (Wildman–Crippen LogP) is 0.885. The number of carboxylic acid groups (broad SMARTS) is 1. The van der Waals surface area contributed by atoms with Crippen molar-refractivity contribution in [3.8, 4) is 0 Å². The Kier molecular flexibility index (Phi) is 3.95. The maximum atomic E-state index is 12.0. The van der Waals surface area contributed by atoms with Crippen molar-refractivity contribution in [2.45, 2.75) is 12.5 Å². The molecule has 8 nitrogen and oxygen atoms in total. The van der Waals surface area contributed by atoms with Gasteiger partial charge in [-0.25, -0.2) is 9.59 Å². The Balaban J connectivity index is 1.74. The van der Waals surface area contributed by atoms with Crippen LogP contribution >= 0.6 is 12.2 Å². The molecule has 0 spiro atoms. The number of nitrogens with two attached hydrogens (primary N) is 1. The first-order valence-corrected chi connectivity index (χ1v) is 7.51. The van der Waals surface area contributed by atoms with E-state index in [0.29, 0.717) is 37.4 Å². The average Bonchev–Trinajstić information content (AvgIpc) is 3.07. The molecule has 1 fully saturated rings. The second-order valence-corrected chi connectivity index (χ2v) is 5.80. The van der Waals surface area contributed by atoms with Crippen LogP contribution in [0.25, 0.3) is 0 Å². The number of amides is 2. The van der Waals surface area contributed by atoms with Crippen molar-refractivity contribution in [1.82, 2.24) is 5.32 Å². The third-order valence-electron chi connectivity index (χ3n) is 3.88. The number of ether oxygens (including phenoxy) is 1. The lowest BCUT2D eigenvalue weighted by Gasteiger charge is -2.16. The van der Waals surface area contributed by atoms with Crippen molar-refractivity contribution in [2.75, 3.05) is 29.4 Å². The van der Waals surface area contributed by atoms with Crippen molar-refractivity contribution in [1.29, 1.82) is 0 Å². The van der Waals surface area contributed by atoms with E-state index in [-0.39, 0.29) is 11.2 Å². The Morgan fingerprint density at radius 3 is 3.00 bits per heavy atom. The zero-order chi connectivity index (χ0) is 16.6. The van der Waals surface area contributed by atoms with Crippen LogP contribution in [0.4, 0.5) is 21.0 Å². The molecule has 1 saturated heterocycles. The fourth-order valence-electron chi connectivity index (χ4n) is 2.81. The van der Waals surface area contributed by atoms with E-state index in [1.54, 1.807) is 12.1 Å². The molecule has 2 aliphatic heterocycles. The van der Waals surface area contributed by atoms with Crippen molar-refractivity contribution in [3.05, 3.63) is 23.8 Å². The predicted molar refractivity (Wildman–Crippen MR) is 87.9 cm³/mol. The molecule has 4 N–H and O–H groups in total. The molecule has 2 heterocycles. The first kappa shape index (κ1) is 15.3. The Labute approximate surface area is 137 Å². The number of anilines is 2. The highest BCUT2D eigenvalue weighted by Crippen LogP contribution is 2.33. The molecule has 0 aromatic heterocycles. The number of fused-ring (bicyclic) bond motifs is 1. The molecule has 9 heteroatoms. The first-order chi connectivity index (χ1) is 11.0. The molecule has 0 radical (unpaired) electrons. The van der Waals surface area contributed by atoms with Crippen LogP contribution in [0, 0.1) is 0 Å². The number of benzene rings is 1. The number of carbonyl (C=O) groups excluding carboxylic acids is 1. The van der Waals surface area contributed by atoms with Crippen LogP contribution in [0.1, 0.15) is 5.56 Å². The summed E-state index contributed by atoms with van der Waals surface area (Å²) in [5.74, 6) is 0. The first-order valence-electron chi connectivity index (χ1n) is 7.10. The number of hydrogen-bond acceptors (Lipinski definition) is 4. The van der Waals surface area contributed by atoms with Gasteiger partial charge < -0.3 is 20.9 Å². The summed E-state index contributed by atoms with van der Waals surface area (Å²) in [6.45, 7) is 1.17. The van der Waals surface area contributed by atoms with Gasteiger partial charge in [-0.2, -0.15) is 0 Å². The molecular formula is C14H16N4O4S. The van der Waals surface area contributed by atoms with Crippen molar-refractivity contribution >= 4 is 40.9 Å². The molecule has 0 saturated carbocycles. The smallest absolute Gasteiger partial charge is 0.414 e. The van der Waals surface area contributed by atoms with Gasteiger partial charge in [-0.05, 0) is 42.4 Å². The summed E-state index contributed by atoms with van der Waals surface area (Å²) in [5.41, 5.74) is 7.63. The summed E-state index contributed by atoms with van der Waals surface area (Å²) in [6.07, 6.45) is -1.12. The zero-order valence-electron chi connectivity index (χ0n) is 12.2. The van der Waals surface area contributed by atoms with Gasteiger partial charge in [-0.15, -0.1) is 0 Å². The Morgan fingerprint density at radius 1 is 1.52 bits per heavy atom. The van der Waals surface area contributed by atoms with E-state index in [2.05, 4.69) is 5.32 Å². The van der Waals surface area contributed by atoms with E-state index in [0.717, 1.165) is 5.56 Å². The van der Waals surface area contributed by atoms with E-state index in [1.165, 1.54) is 9.80 Å². The van der Waals surface area contributed by atoms with E-state index in [1.807, 2.05) is 6.07 Å². The SMILES string of the molecule is NC(=S)NC[C@H]1CN(c2ccc3c(c2)CCN3C(=O)O)C(=O)O1. The average molecular weight is 336 g/mol. The quantitative estimate of drug-likeness (QED) is 0.703. The molecule has 23 heavy (non-hydrogen) atoms. The second-order valence-electron chi connectivity index (χ2n) is 5.36. The number of cyclic esters (lactones) is 1. The van der Waals surface area contributed by atoms with Crippen LogP contribution in [0.2, 0.25) is 0 Å². The van der Waals surface area contributed by atoms with E-state index in [9.17, 15) is 9.59 Å². The van der Waals surface area contributed by atoms with Gasteiger partial charge in [-0.3, -0.25) is 9.80 Å². The van der Waals surface area contributed by atoms with Gasteiger partial charge in [0.05, 0.1) is 18.8 Å². The van der Waals surface area contributed by atoms with Gasteiger partial charge in [-0.1, -0.05) is 0 Å². The minimum atomic E-state index is -0.971. The lowest BCUT2D eigenvalue weighted by atomic mass is 10.1. The monoisotopic (exact) mass is 336 g/mol. The second kappa shape index (κ2) is 5.92. The highest BCUT2D eigenvalue weighted by Gasteiger charge is 2.33. The normalized spacial score (nSPS) is 19.5. The van der Waals surface area contributed by atoms with Gasteiger partial charge in [0.25, 0.3) is 0 Å². The third kappa shape index (κ3) is 3.00. The van der Waals surface area contributed by atoms with Gasteiger partial charge in [0.15, 0.2) is 5.11 Å². The molecule has 1 aromatic carbocycles. The van der Waals surface area contributed by atoms with Crippen molar-refractivity contribution in [2.24, 2.45) is 5.73 Å². The molecule has 2 amide bonds. The lowest BCUT2D eigenvalue weighted by molar-refractivity contribution is 0.143. The fraction of sp³-hybridized carbons (Fsp3) is 0.357. The van der Waals surface area contributed by atoms with Gasteiger partial charge in [0.2, 0.25) is 0 Å². The molecule has 3 rings (SSSR count). The molecule has 0 bridgehead atoms. The Hall–Kier alpha value is -2.55. The number of hydrogen-bond donors (Lipinski definition) is 3. The summed E-state index contributed by atoms with van der Waals surface area (Å²) < 4.78 is 5.26. The summed E-state index contributed by atoms with van der Waals surface area (Å²) in [5, 5.41) is 12.1. The topological polar surface area (TPSA) is 108 Å². The fourth-order valence-corrected chi connectivity index (χ4v) is 2.89. The van der Waals surface area contributed by atoms with Crippen molar-refractivity contribution < 1.29 is 19.4 Å². The summed E-state index contributed by atoms with van der Waals surface area (Å²) in [7, 11) is 0. The van der Waals surface area contributed by atoms with Crippen LogP contribution in [-0.2, 0) is 11.2 Å². The summed E-state index contributed by atoms with van der Waals surface area (Å²) in [6, 6.07) is 5.29. The number of nitrogens with one attached hydrogen (secondary N) is 1. The van der Waals surface area contributed by atoms with Gasteiger partial charge in [0.1, 0.15) is 6.10 Å². The number of carbonyl (C=O) groups is 2. The van der Waals surface area contributed by atoms with Crippen LogP contribution < -0.4 is 20.9 Å². The minimum Gasteiger partial charge on any atom is -0.465 e. The Bertz CT molecular complexity index is 681. The van der Waals surface area contributed by atoms with E-state index >= 15 is 0 Å². The van der Waals surface area contributed by atoms with E-state index in [4.69, 9.17) is 27.8 Å². The van der Waals surface area contributed by atoms with E-state index < -0.39 is 12.2 Å². The highest BCUT2D eigenvalue weighted by molar-refractivity contribution is 7.80. The number of nitrogens with zero attached hydrogens (tertiary/aromatic N) is 2.